The number of rotatable bonds is 3. The highest BCUT2D eigenvalue weighted by Gasteiger charge is 2.41. The van der Waals surface area contributed by atoms with Crippen LogP contribution in [0.3, 0.4) is 0 Å². The average Bonchev–Trinajstić information content (AvgIpc) is 2.97. The van der Waals surface area contributed by atoms with Crippen molar-refractivity contribution in [3.05, 3.63) is 53.9 Å². The topological polar surface area (TPSA) is 32.3 Å². The zero-order valence-electron chi connectivity index (χ0n) is 14.5. The largest absolute Gasteiger partial charge is 0.340 e. The molecule has 1 spiro atoms. The highest BCUT2D eigenvalue weighted by molar-refractivity contribution is 5.30. The third-order valence-electron chi connectivity index (χ3n) is 5.50. The molecule has 0 N–H and O–H groups in total. The molecule has 1 aromatic carbocycles. The van der Waals surface area contributed by atoms with Gasteiger partial charge in [-0.2, -0.15) is 0 Å². The van der Waals surface area contributed by atoms with E-state index in [1.165, 1.54) is 43.5 Å². The zero-order chi connectivity index (χ0) is 16.4. The van der Waals surface area contributed by atoms with E-state index < -0.39 is 0 Å². The average molecular weight is 322 g/mol. The van der Waals surface area contributed by atoms with Crippen molar-refractivity contribution in [1.82, 2.24) is 14.9 Å². The summed E-state index contributed by atoms with van der Waals surface area (Å²) < 4.78 is 0. The molecule has 1 aromatic heterocycles. The first kappa shape index (κ1) is 15.6. The minimum atomic E-state index is 0.418. The van der Waals surface area contributed by atoms with Crippen LogP contribution in [-0.4, -0.2) is 41.0 Å². The summed E-state index contributed by atoms with van der Waals surface area (Å²) in [7, 11) is 0. The normalized spacial score (nSPS) is 24.6. The molecule has 0 amide bonds. The number of hydrogen-bond donors (Lipinski definition) is 0. The van der Waals surface area contributed by atoms with Gasteiger partial charge in [0.2, 0.25) is 5.95 Å². The molecule has 0 unspecified atom stereocenters. The van der Waals surface area contributed by atoms with Crippen LogP contribution in [0, 0.1) is 12.3 Å². The van der Waals surface area contributed by atoms with Gasteiger partial charge in [0.25, 0.3) is 0 Å². The molecule has 126 valence electrons. The Bertz CT molecular complexity index is 687. The summed E-state index contributed by atoms with van der Waals surface area (Å²) in [4.78, 5) is 13.9. The Labute approximate surface area is 144 Å². The molecule has 2 aliphatic rings. The minimum Gasteiger partial charge on any atom is -0.340 e. The first-order valence-corrected chi connectivity index (χ1v) is 9.02. The molecule has 0 bridgehead atoms. The van der Waals surface area contributed by atoms with Crippen LogP contribution in [-0.2, 0) is 6.54 Å². The number of aromatic nitrogens is 2. The Hall–Kier alpha value is -1.94. The summed E-state index contributed by atoms with van der Waals surface area (Å²) in [6.45, 7) is 7.84. The summed E-state index contributed by atoms with van der Waals surface area (Å²) in [6, 6.07) is 10.8. The first-order chi connectivity index (χ1) is 11.7. The molecule has 4 rings (SSSR count). The SMILES string of the molecule is Cc1cccc(CN2CC[C@@]3(CCCN(c4ncccn4)C3)C2)c1. The van der Waals surface area contributed by atoms with Gasteiger partial charge < -0.3 is 4.90 Å². The Morgan fingerprint density at radius 1 is 1.04 bits per heavy atom. The van der Waals surface area contributed by atoms with Gasteiger partial charge in [-0.3, -0.25) is 4.90 Å². The van der Waals surface area contributed by atoms with Crippen LogP contribution in [0.1, 0.15) is 30.4 Å². The second kappa shape index (κ2) is 6.52. The van der Waals surface area contributed by atoms with E-state index in [4.69, 9.17) is 0 Å². The first-order valence-electron chi connectivity index (χ1n) is 9.02. The standard InChI is InChI=1S/C20H26N4/c1-17-5-2-6-18(13-17)14-23-12-8-20(15-23)7-3-11-24(16-20)19-21-9-4-10-22-19/h2,4-6,9-10,13H,3,7-8,11-12,14-16H2,1H3/t20-/m0/s1. The number of aryl methyl sites for hydroxylation is 1. The molecule has 3 heterocycles. The molecule has 2 fully saturated rings. The maximum absolute atomic E-state index is 4.45. The van der Waals surface area contributed by atoms with E-state index in [0.717, 1.165) is 25.6 Å². The summed E-state index contributed by atoms with van der Waals surface area (Å²) in [6.07, 6.45) is 7.57. The van der Waals surface area contributed by atoms with Crippen LogP contribution in [0.5, 0.6) is 0 Å². The molecular formula is C20H26N4. The van der Waals surface area contributed by atoms with Crippen LogP contribution >= 0.6 is 0 Å². The highest BCUT2D eigenvalue weighted by atomic mass is 15.3. The van der Waals surface area contributed by atoms with E-state index in [-0.39, 0.29) is 0 Å². The van der Waals surface area contributed by atoms with Crippen molar-refractivity contribution >= 4 is 5.95 Å². The molecule has 4 nitrogen and oxygen atoms in total. The van der Waals surface area contributed by atoms with Crippen molar-refractivity contribution in [3.63, 3.8) is 0 Å². The van der Waals surface area contributed by atoms with E-state index in [1.54, 1.807) is 0 Å². The minimum absolute atomic E-state index is 0.418. The van der Waals surface area contributed by atoms with Gasteiger partial charge in [0.1, 0.15) is 0 Å². The lowest BCUT2D eigenvalue weighted by molar-refractivity contribution is 0.215. The van der Waals surface area contributed by atoms with Gasteiger partial charge in [-0.1, -0.05) is 29.8 Å². The van der Waals surface area contributed by atoms with Crippen molar-refractivity contribution in [1.29, 1.82) is 0 Å². The van der Waals surface area contributed by atoms with Crippen LogP contribution in [0.25, 0.3) is 0 Å². The fraction of sp³-hybridized carbons (Fsp3) is 0.500. The Morgan fingerprint density at radius 3 is 2.75 bits per heavy atom. The second-order valence-electron chi connectivity index (χ2n) is 7.52. The second-order valence-corrected chi connectivity index (χ2v) is 7.52. The van der Waals surface area contributed by atoms with Crippen LogP contribution in [0.4, 0.5) is 5.95 Å². The molecular weight excluding hydrogens is 296 g/mol. The lowest BCUT2D eigenvalue weighted by atomic mass is 9.79. The highest BCUT2D eigenvalue weighted by Crippen LogP contribution is 2.40. The Balaban J connectivity index is 1.43. The van der Waals surface area contributed by atoms with Gasteiger partial charge in [0, 0.05) is 44.0 Å². The van der Waals surface area contributed by atoms with Gasteiger partial charge >= 0.3 is 0 Å². The third kappa shape index (κ3) is 3.29. The summed E-state index contributed by atoms with van der Waals surface area (Å²) >= 11 is 0. The number of hydrogen-bond acceptors (Lipinski definition) is 4. The molecule has 0 aliphatic carbocycles. The molecule has 24 heavy (non-hydrogen) atoms. The number of benzene rings is 1. The molecule has 0 radical (unpaired) electrons. The fourth-order valence-electron chi connectivity index (χ4n) is 4.40. The Kier molecular flexibility index (Phi) is 4.23. The van der Waals surface area contributed by atoms with Crippen LogP contribution in [0.15, 0.2) is 42.7 Å². The van der Waals surface area contributed by atoms with E-state index >= 15 is 0 Å². The molecule has 2 aliphatic heterocycles. The van der Waals surface area contributed by atoms with Gasteiger partial charge in [-0.25, -0.2) is 9.97 Å². The number of anilines is 1. The van der Waals surface area contributed by atoms with Crippen molar-refractivity contribution in [2.24, 2.45) is 5.41 Å². The molecule has 0 saturated carbocycles. The van der Waals surface area contributed by atoms with Crippen LogP contribution < -0.4 is 4.90 Å². The maximum atomic E-state index is 4.45. The molecule has 2 aromatic rings. The lowest BCUT2D eigenvalue weighted by Gasteiger charge is -2.40. The predicted octanol–water partition coefficient (Wildman–Crippen LogP) is 3.28. The summed E-state index contributed by atoms with van der Waals surface area (Å²) in [5.74, 6) is 0.897. The van der Waals surface area contributed by atoms with Gasteiger partial charge in [0.15, 0.2) is 0 Å². The lowest BCUT2D eigenvalue weighted by Crippen LogP contribution is -2.45. The van der Waals surface area contributed by atoms with E-state index in [9.17, 15) is 0 Å². The van der Waals surface area contributed by atoms with Crippen LogP contribution in [0.2, 0.25) is 0 Å². The molecule has 4 heteroatoms. The van der Waals surface area contributed by atoms with Gasteiger partial charge in [-0.15, -0.1) is 0 Å². The molecule has 2 saturated heterocycles. The van der Waals surface area contributed by atoms with E-state index in [2.05, 4.69) is 51.0 Å². The van der Waals surface area contributed by atoms with Crippen molar-refractivity contribution in [3.8, 4) is 0 Å². The number of likely N-dealkylation sites (tertiary alicyclic amines) is 1. The Morgan fingerprint density at radius 2 is 1.92 bits per heavy atom. The maximum Gasteiger partial charge on any atom is 0.225 e. The summed E-state index contributed by atoms with van der Waals surface area (Å²) in [5.41, 5.74) is 3.21. The van der Waals surface area contributed by atoms with Crippen molar-refractivity contribution < 1.29 is 0 Å². The van der Waals surface area contributed by atoms with E-state index in [1.807, 2.05) is 18.5 Å². The molecule has 1 atom stereocenters. The van der Waals surface area contributed by atoms with Crippen molar-refractivity contribution in [2.45, 2.75) is 32.7 Å². The van der Waals surface area contributed by atoms with Gasteiger partial charge in [-0.05, 0) is 44.4 Å². The van der Waals surface area contributed by atoms with E-state index in [0.29, 0.717) is 5.41 Å². The summed E-state index contributed by atoms with van der Waals surface area (Å²) in [5, 5.41) is 0. The van der Waals surface area contributed by atoms with Crippen molar-refractivity contribution in [2.75, 3.05) is 31.1 Å². The quantitative estimate of drug-likeness (QED) is 0.868. The zero-order valence-corrected chi connectivity index (χ0v) is 14.5. The van der Waals surface area contributed by atoms with Gasteiger partial charge in [0.05, 0.1) is 0 Å². The number of piperidine rings is 1. The third-order valence-corrected chi connectivity index (χ3v) is 5.50. The monoisotopic (exact) mass is 322 g/mol. The fourth-order valence-corrected chi connectivity index (χ4v) is 4.40. The number of nitrogens with zero attached hydrogens (tertiary/aromatic N) is 4. The predicted molar refractivity (Wildman–Crippen MR) is 97.0 cm³/mol. The smallest absolute Gasteiger partial charge is 0.225 e.